The number of rotatable bonds is 4. The quantitative estimate of drug-likeness (QED) is 0.906. The highest BCUT2D eigenvalue weighted by Gasteiger charge is 2.10. The Morgan fingerprint density at radius 1 is 1.05 bits per heavy atom. The van der Waals surface area contributed by atoms with Crippen LogP contribution >= 0.6 is 0 Å². The van der Waals surface area contributed by atoms with Crippen LogP contribution in [0.1, 0.15) is 28.4 Å². The van der Waals surface area contributed by atoms with Crippen molar-refractivity contribution in [3.63, 3.8) is 0 Å². The molecule has 100 valence electrons. The summed E-state index contributed by atoms with van der Waals surface area (Å²) in [5, 5.41) is 10.3. The Labute approximate surface area is 114 Å². The molecule has 2 heteroatoms. The van der Waals surface area contributed by atoms with Gasteiger partial charge in [0.05, 0.1) is 13.2 Å². The maximum absolute atomic E-state index is 10.3. The van der Waals surface area contributed by atoms with E-state index in [-0.39, 0.29) is 0 Å². The van der Waals surface area contributed by atoms with E-state index in [4.69, 9.17) is 4.74 Å². The SMILES string of the molecule is COc1cccc(CC(O)c2cc(C)cc(C)c2)c1. The third kappa shape index (κ3) is 3.58. The predicted molar refractivity (Wildman–Crippen MR) is 77.6 cm³/mol. The molecule has 2 aromatic carbocycles. The maximum Gasteiger partial charge on any atom is 0.119 e. The molecule has 0 spiro atoms. The summed E-state index contributed by atoms with van der Waals surface area (Å²) < 4.78 is 5.20. The fourth-order valence-electron chi connectivity index (χ4n) is 2.34. The topological polar surface area (TPSA) is 29.5 Å². The first-order chi connectivity index (χ1) is 9.08. The zero-order valence-electron chi connectivity index (χ0n) is 11.7. The normalized spacial score (nSPS) is 12.2. The average Bonchev–Trinajstić information content (AvgIpc) is 2.37. The molecule has 0 fully saturated rings. The van der Waals surface area contributed by atoms with E-state index in [1.54, 1.807) is 7.11 Å². The van der Waals surface area contributed by atoms with E-state index in [0.29, 0.717) is 6.42 Å². The van der Waals surface area contributed by atoms with E-state index >= 15 is 0 Å². The summed E-state index contributed by atoms with van der Waals surface area (Å²) in [6.45, 7) is 4.10. The van der Waals surface area contributed by atoms with Gasteiger partial charge in [-0.25, -0.2) is 0 Å². The van der Waals surface area contributed by atoms with Crippen LogP contribution in [0.3, 0.4) is 0 Å². The Morgan fingerprint density at radius 2 is 1.74 bits per heavy atom. The molecule has 0 bridgehead atoms. The van der Waals surface area contributed by atoms with Gasteiger partial charge in [-0.2, -0.15) is 0 Å². The highest BCUT2D eigenvalue weighted by molar-refractivity contribution is 5.33. The van der Waals surface area contributed by atoms with E-state index in [0.717, 1.165) is 16.9 Å². The van der Waals surface area contributed by atoms with E-state index < -0.39 is 6.10 Å². The molecule has 0 saturated heterocycles. The first kappa shape index (κ1) is 13.6. The molecule has 0 aromatic heterocycles. The zero-order valence-corrected chi connectivity index (χ0v) is 11.7. The summed E-state index contributed by atoms with van der Waals surface area (Å²) in [4.78, 5) is 0. The van der Waals surface area contributed by atoms with Gasteiger partial charge in [0.15, 0.2) is 0 Å². The van der Waals surface area contributed by atoms with Crippen LogP contribution in [0.2, 0.25) is 0 Å². The number of methoxy groups -OCH3 is 1. The second kappa shape index (κ2) is 5.89. The fraction of sp³-hybridized carbons (Fsp3) is 0.294. The lowest BCUT2D eigenvalue weighted by atomic mass is 9.98. The van der Waals surface area contributed by atoms with Crippen LogP contribution in [0, 0.1) is 13.8 Å². The van der Waals surface area contributed by atoms with Crippen molar-refractivity contribution in [2.45, 2.75) is 26.4 Å². The number of aliphatic hydroxyl groups is 1. The van der Waals surface area contributed by atoms with E-state index in [9.17, 15) is 5.11 Å². The van der Waals surface area contributed by atoms with Crippen LogP contribution in [0.5, 0.6) is 5.75 Å². The van der Waals surface area contributed by atoms with Crippen molar-refractivity contribution in [3.8, 4) is 5.75 Å². The summed E-state index contributed by atoms with van der Waals surface area (Å²) in [7, 11) is 1.65. The van der Waals surface area contributed by atoms with E-state index in [2.05, 4.69) is 19.9 Å². The number of hydrogen-bond donors (Lipinski definition) is 1. The highest BCUT2D eigenvalue weighted by Crippen LogP contribution is 2.22. The Balaban J connectivity index is 2.17. The predicted octanol–water partition coefficient (Wildman–Crippen LogP) is 3.59. The molecule has 0 aliphatic carbocycles. The van der Waals surface area contributed by atoms with Gasteiger partial charge < -0.3 is 9.84 Å². The minimum absolute atomic E-state index is 0.481. The van der Waals surface area contributed by atoms with Crippen molar-refractivity contribution in [2.24, 2.45) is 0 Å². The van der Waals surface area contributed by atoms with Crippen LogP contribution in [0.15, 0.2) is 42.5 Å². The van der Waals surface area contributed by atoms with Gasteiger partial charge in [0.25, 0.3) is 0 Å². The van der Waals surface area contributed by atoms with E-state index in [1.165, 1.54) is 11.1 Å². The standard InChI is InChI=1S/C17H20O2/c1-12-7-13(2)9-15(8-12)17(18)11-14-5-4-6-16(10-14)19-3/h4-10,17-18H,11H2,1-3H3. The summed E-state index contributed by atoms with van der Waals surface area (Å²) >= 11 is 0. The minimum Gasteiger partial charge on any atom is -0.497 e. The van der Waals surface area contributed by atoms with Gasteiger partial charge in [0.1, 0.15) is 5.75 Å². The summed E-state index contributed by atoms with van der Waals surface area (Å²) in [5.41, 5.74) is 4.41. The van der Waals surface area contributed by atoms with Gasteiger partial charge in [0, 0.05) is 6.42 Å². The summed E-state index contributed by atoms with van der Waals surface area (Å²) in [6, 6.07) is 14.0. The van der Waals surface area contributed by atoms with Gasteiger partial charge >= 0.3 is 0 Å². The monoisotopic (exact) mass is 256 g/mol. The van der Waals surface area contributed by atoms with Gasteiger partial charge in [-0.3, -0.25) is 0 Å². The van der Waals surface area contributed by atoms with Gasteiger partial charge in [-0.1, -0.05) is 41.5 Å². The zero-order chi connectivity index (χ0) is 13.8. The molecular formula is C17H20O2. The second-order valence-electron chi connectivity index (χ2n) is 4.99. The van der Waals surface area contributed by atoms with Gasteiger partial charge in [0.2, 0.25) is 0 Å². The molecule has 0 aliphatic rings. The fourth-order valence-corrected chi connectivity index (χ4v) is 2.34. The second-order valence-corrected chi connectivity index (χ2v) is 4.99. The lowest BCUT2D eigenvalue weighted by Crippen LogP contribution is -2.03. The van der Waals surface area contributed by atoms with Crippen LogP contribution in [0.25, 0.3) is 0 Å². The smallest absolute Gasteiger partial charge is 0.119 e. The lowest BCUT2D eigenvalue weighted by molar-refractivity contribution is 0.178. The van der Waals surface area contributed by atoms with Gasteiger partial charge in [-0.15, -0.1) is 0 Å². The van der Waals surface area contributed by atoms with Crippen molar-refractivity contribution in [2.75, 3.05) is 7.11 Å². The molecule has 1 N–H and O–H groups in total. The maximum atomic E-state index is 10.3. The Morgan fingerprint density at radius 3 is 2.37 bits per heavy atom. The van der Waals surface area contributed by atoms with Crippen molar-refractivity contribution in [1.82, 2.24) is 0 Å². The number of aryl methyl sites for hydroxylation is 2. The van der Waals surface area contributed by atoms with Crippen LogP contribution in [0.4, 0.5) is 0 Å². The largest absolute Gasteiger partial charge is 0.497 e. The van der Waals surface area contributed by atoms with E-state index in [1.807, 2.05) is 36.4 Å². The molecule has 2 rings (SSSR count). The van der Waals surface area contributed by atoms with Gasteiger partial charge in [-0.05, 0) is 37.1 Å². The number of benzene rings is 2. The molecule has 0 aliphatic heterocycles. The third-order valence-electron chi connectivity index (χ3n) is 3.19. The average molecular weight is 256 g/mol. The van der Waals surface area contributed by atoms with Crippen LogP contribution in [-0.2, 0) is 6.42 Å². The van der Waals surface area contributed by atoms with Crippen molar-refractivity contribution in [3.05, 3.63) is 64.7 Å². The minimum atomic E-state index is -0.481. The molecule has 2 nitrogen and oxygen atoms in total. The molecule has 0 heterocycles. The van der Waals surface area contributed by atoms with Crippen molar-refractivity contribution < 1.29 is 9.84 Å². The molecule has 0 saturated carbocycles. The summed E-state index contributed by atoms with van der Waals surface area (Å²) in [6.07, 6.45) is 0.116. The Hall–Kier alpha value is -1.80. The van der Waals surface area contributed by atoms with Crippen LogP contribution < -0.4 is 4.74 Å². The highest BCUT2D eigenvalue weighted by atomic mass is 16.5. The Kier molecular flexibility index (Phi) is 4.23. The summed E-state index contributed by atoms with van der Waals surface area (Å²) in [5.74, 6) is 0.824. The molecule has 0 amide bonds. The molecule has 2 aromatic rings. The van der Waals surface area contributed by atoms with Crippen molar-refractivity contribution >= 4 is 0 Å². The molecule has 0 radical (unpaired) electrons. The van der Waals surface area contributed by atoms with Crippen molar-refractivity contribution in [1.29, 1.82) is 0 Å². The lowest BCUT2D eigenvalue weighted by Gasteiger charge is -2.13. The van der Waals surface area contributed by atoms with Crippen LogP contribution in [-0.4, -0.2) is 12.2 Å². The number of aliphatic hydroxyl groups excluding tert-OH is 1. The first-order valence-electron chi connectivity index (χ1n) is 6.47. The first-order valence-corrected chi connectivity index (χ1v) is 6.47. The molecule has 1 unspecified atom stereocenters. The number of hydrogen-bond acceptors (Lipinski definition) is 2. The molecule has 19 heavy (non-hydrogen) atoms. The molecular weight excluding hydrogens is 236 g/mol. The number of ether oxygens (including phenoxy) is 1. The molecule has 1 atom stereocenters. The third-order valence-corrected chi connectivity index (χ3v) is 3.19. The Bertz CT molecular complexity index is 541.